The largest absolute Gasteiger partial charge is 0.341 e. The van der Waals surface area contributed by atoms with Crippen LogP contribution >= 0.6 is 11.3 Å². The zero-order valence-electron chi connectivity index (χ0n) is 15.0. The lowest BCUT2D eigenvalue weighted by atomic mass is 10.2. The molecule has 1 atom stereocenters. The Labute approximate surface area is 154 Å². The van der Waals surface area contributed by atoms with Crippen molar-refractivity contribution in [1.29, 1.82) is 0 Å². The number of amides is 1. The van der Waals surface area contributed by atoms with Crippen LogP contribution in [0.1, 0.15) is 24.6 Å². The van der Waals surface area contributed by atoms with Crippen LogP contribution in [0, 0.1) is 0 Å². The summed E-state index contributed by atoms with van der Waals surface area (Å²) < 4.78 is 1.38. The lowest BCUT2D eigenvalue weighted by molar-refractivity contribution is -0.136. The molecular weight excluding hydrogens is 330 g/mol. The van der Waals surface area contributed by atoms with Crippen molar-refractivity contribution in [2.75, 3.05) is 39.3 Å². The second-order valence-electron chi connectivity index (χ2n) is 7.27. The number of carbonyl (C=O) groups excluding carboxylic acids is 1. The summed E-state index contributed by atoms with van der Waals surface area (Å²) in [6.45, 7) is 9.10. The molecule has 0 N–H and O–H groups in total. The molecule has 0 spiro atoms. The van der Waals surface area contributed by atoms with Gasteiger partial charge in [0.05, 0.1) is 6.04 Å². The third-order valence-electron chi connectivity index (χ3n) is 5.59. The molecule has 134 valence electrons. The van der Waals surface area contributed by atoms with E-state index < -0.39 is 0 Å². The highest BCUT2D eigenvalue weighted by atomic mass is 32.1. The zero-order chi connectivity index (χ0) is 17.2. The van der Waals surface area contributed by atoms with Crippen molar-refractivity contribution in [1.82, 2.24) is 14.7 Å². The maximum Gasteiger partial charge on any atom is 0.239 e. The normalized spacial score (nSPS) is 21.1. The van der Waals surface area contributed by atoms with Crippen LogP contribution < -0.4 is 0 Å². The number of benzene rings is 1. The Hall–Kier alpha value is -1.43. The van der Waals surface area contributed by atoms with Gasteiger partial charge in [-0.05, 0) is 37.3 Å². The van der Waals surface area contributed by atoms with Gasteiger partial charge in [0.25, 0.3) is 0 Å². The monoisotopic (exact) mass is 357 g/mol. The number of piperazine rings is 1. The average Bonchev–Trinajstić information content (AvgIpc) is 3.30. The molecule has 1 aromatic heterocycles. The lowest BCUT2D eigenvalue weighted by Gasteiger charge is -2.38. The fourth-order valence-electron chi connectivity index (χ4n) is 4.00. The zero-order valence-corrected chi connectivity index (χ0v) is 15.8. The van der Waals surface area contributed by atoms with Crippen LogP contribution in [0.3, 0.4) is 0 Å². The summed E-state index contributed by atoms with van der Waals surface area (Å²) in [7, 11) is 0. The molecule has 0 saturated carbocycles. The Bertz CT molecular complexity index is 696. The average molecular weight is 358 g/mol. The van der Waals surface area contributed by atoms with E-state index in [0.717, 1.165) is 45.8 Å². The van der Waals surface area contributed by atoms with Crippen LogP contribution in [0.5, 0.6) is 0 Å². The maximum atomic E-state index is 12.6. The first-order valence-corrected chi connectivity index (χ1v) is 10.2. The SMILES string of the molecule is C[C@H](C(=O)N1CCCC1)N1CCN(Cc2cc3ccccc3s2)CC1. The second kappa shape index (κ2) is 7.44. The molecule has 2 aliphatic heterocycles. The van der Waals surface area contributed by atoms with Crippen molar-refractivity contribution in [3.05, 3.63) is 35.2 Å². The van der Waals surface area contributed by atoms with Gasteiger partial charge in [-0.3, -0.25) is 14.6 Å². The van der Waals surface area contributed by atoms with Gasteiger partial charge in [0.15, 0.2) is 0 Å². The number of thiophene rings is 1. The molecule has 3 heterocycles. The van der Waals surface area contributed by atoms with E-state index in [9.17, 15) is 4.79 Å². The number of fused-ring (bicyclic) bond motifs is 1. The summed E-state index contributed by atoms with van der Waals surface area (Å²) in [5.41, 5.74) is 0. The van der Waals surface area contributed by atoms with Crippen LogP contribution in [-0.4, -0.2) is 65.9 Å². The lowest BCUT2D eigenvalue weighted by Crippen LogP contribution is -2.53. The Morgan fingerprint density at radius 2 is 1.80 bits per heavy atom. The van der Waals surface area contributed by atoms with Crippen molar-refractivity contribution in [3.8, 4) is 0 Å². The second-order valence-corrected chi connectivity index (χ2v) is 8.44. The minimum atomic E-state index is 0.0320. The number of hydrogen-bond donors (Lipinski definition) is 0. The van der Waals surface area contributed by atoms with Crippen molar-refractivity contribution >= 4 is 27.3 Å². The molecular formula is C20H27N3OS. The molecule has 25 heavy (non-hydrogen) atoms. The van der Waals surface area contributed by atoms with E-state index in [1.54, 1.807) is 0 Å². The van der Waals surface area contributed by atoms with Gasteiger partial charge < -0.3 is 4.90 Å². The molecule has 4 nitrogen and oxygen atoms in total. The fraction of sp³-hybridized carbons (Fsp3) is 0.550. The molecule has 0 unspecified atom stereocenters. The Morgan fingerprint density at radius 3 is 2.52 bits per heavy atom. The summed E-state index contributed by atoms with van der Waals surface area (Å²) in [5.74, 6) is 0.329. The van der Waals surface area contributed by atoms with Crippen LogP contribution in [0.2, 0.25) is 0 Å². The van der Waals surface area contributed by atoms with E-state index in [2.05, 4.69) is 47.1 Å². The van der Waals surface area contributed by atoms with Gasteiger partial charge in [0.2, 0.25) is 5.91 Å². The summed E-state index contributed by atoms with van der Waals surface area (Å²) in [6, 6.07) is 11.0. The molecule has 2 aromatic rings. The van der Waals surface area contributed by atoms with E-state index in [1.807, 2.05) is 16.2 Å². The molecule has 1 amide bonds. The van der Waals surface area contributed by atoms with Crippen LogP contribution in [0.15, 0.2) is 30.3 Å². The standard InChI is InChI=1S/C20H27N3OS/c1-16(20(24)23-8-4-5-9-23)22-12-10-21(11-13-22)15-18-14-17-6-2-3-7-19(17)25-18/h2-3,6-7,14,16H,4-5,8-13,15H2,1H3/t16-/m1/s1. The van der Waals surface area contributed by atoms with Crippen molar-refractivity contribution in [3.63, 3.8) is 0 Å². The number of carbonyl (C=O) groups is 1. The first-order valence-electron chi connectivity index (χ1n) is 9.43. The highest BCUT2D eigenvalue weighted by molar-refractivity contribution is 7.19. The van der Waals surface area contributed by atoms with Gasteiger partial charge in [-0.25, -0.2) is 0 Å². The third kappa shape index (κ3) is 3.73. The number of nitrogens with zero attached hydrogens (tertiary/aromatic N) is 3. The first kappa shape index (κ1) is 17.0. The minimum absolute atomic E-state index is 0.0320. The minimum Gasteiger partial charge on any atom is -0.341 e. The predicted molar refractivity (Wildman–Crippen MR) is 104 cm³/mol. The quantitative estimate of drug-likeness (QED) is 0.841. The molecule has 2 fully saturated rings. The highest BCUT2D eigenvalue weighted by Crippen LogP contribution is 2.26. The number of likely N-dealkylation sites (tertiary alicyclic amines) is 1. The van der Waals surface area contributed by atoms with Gasteiger partial charge in [-0.15, -0.1) is 11.3 Å². The van der Waals surface area contributed by atoms with Gasteiger partial charge in [0, 0.05) is 55.4 Å². The number of hydrogen-bond acceptors (Lipinski definition) is 4. The summed E-state index contributed by atoms with van der Waals surface area (Å²) in [5, 5.41) is 1.35. The maximum absolute atomic E-state index is 12.6. The molecule has 0 aliphatic carbocycles. The summed E-state index contributed by atoms with van der Waals surface area (Å²) in [6.07, 6.45) is 2.34. The molecule has 2 saturated heterocycles. The molecule has 0 radical (unpaired) electrons. The fourth-order valence-corrected chi connectivity index (χ4v) is 5.11. The third-order valence-corrected chi connectivity index (χ3v) is 6.69. The summed E-state index contributed by atoms with van der Waals surface area (Å²) >= 11 is 1.90. The van der Waals surface area contributed by atoms with Crippen LogP contribution in [0.25, 0.3) is 10.1 Å². The van der Waals surface area contributed by atoms with Gasteiger partial charge in [-0.2, -0.15) is 0 Å². The topological polar surface area (TPSA) is 26.8 Å². The number of rotatable bonds is 4. The van der Waals surface area contributed by atoms with Crippen molar-refractivity contribution in [2.24, 2.45) is 0 Å². The Kier molecular flexibility index (Phi) is 5.06. The van der Waals surface area contributed by atoms with Gasteiger partial charge in [-0.1, -0.05) is 18.2 Å². The van der Waals surface area contributed by atoms with E-state index >= 15 is 0 Å². The summed E-state index contributed by atoms with van der Waals surface area (Å²) in [4.78, 5) is 21.0. The predicted octanol–water partition coefficient (Wildman–Crippen LogP) is 3.03. The smallest absolute Gasteiger partial charge is 0.239 e. The van der Waals surface area contributed by atoms with Gasteiger partial charge >= 0.3 is 0 Å². The molecule has 1 aromatic carbocycles. The van der Waals surface area contributed by atoms with E-state index in [4.69, 9.17) is 0 Å². The molecule has 2 aliphatic rings. The first-order chi connectivity index (χ1) is 12.2. The van der Waals surface area contributed by atoms with E-state index in [-0.39, 0.29) is 6.04 Å². The highest BCUT2D eigenvalue weighted by Gasteiger charge is 2.29. The van der Waals surface area contributed by atoms with Crippen LogP contribution in [-0.2, 0) is 11.3 Å². The molecule has 0 bridgehead atoms. The van der Waals surface area contributed by atoms with Crippen molar-refractivity contribution in [2.45, 2.75) is 32.4 Å². The Balaban J connectivity index is 1.31. The van der Waals surface area contributed by atoms with Crippen LogP contribution in [0.4, 0.5) is 0 Å². The Morgan fingerprint density at radius 1 is 1.08 bits per heavy atom. The van der Waals surface area contributed by atoms with E-state index in [1.165, 1.54) is 27.8 Å². The van der Waals surface area contributed by atoms with Crippen molar-refractivity contribution < 1.29 is 4.79 Å². The van der Waals surface area contributed by atoms with E-state index in [0.29, 0.717) is 5.91 Å². The molecule has 5 heteroatoms. The van der Waals surface area contributed by atoms with Gasteiger partial charge in [0.1, 0.15) is 0 Å². The molecule has 4 rings (SSSR count).